The fraction of sp³-hybridized carbons (Fsp3) is 0.800. The lowest BCUT2D eigenvalue weighted by molar-refractivity contribution is 0.0546. The lowest BCUT2D eigenvalue weighted by Gasteiger charge is -2.38. The minimum Gasteiger partial charge on any atom is -0.332 e. The van der Waals surface area contributed by atoms with Crippen LogP contribution in [0.1, 0.15) is 36.8 Å². The second-order valence-electron chi connectivity index (χ2n) is 4.42. The standard InChI is InChI=1S/C10H18N6O/c1-2-7-3-4-16(8(5-7)6-11)10(17)9-12-14-15-13-9/h7-8H,2-6,11H2,1H3,(H,12,13,14,15). The predicted molar refractivity (Wildman–Crippen MR) is 61.1 cm³/mol. The van der Waals surface area contributed by atoms with Gasteiger partial charge in [-0.05, 0) is 24.0 Å². The summed E-state index contributed by atoms with van der Waals surface area (Å²) in [6.45, 7) is 3.39. The third-order valence-electron chi connectivity index (χ3n) is 3.47. The molecule has 1 aliphatic rings. The molecular formula is C10H18N6O. The van der Waals surface area contributed by atoms with Crippen LogP contribution < -0.4 is 5.73 Å². The zero-order chi connectivity index (χ0) is 12.3. The number of piperidine rings is 1. The van der Waals surface area contributed by atoms with Crippen molar-refractivity contribution in [1.82, 2.24) is 25.5 Å². The number of likely N-dealkylation sites (tertiary alicyclic amines) is 1. The smallest absolute Gasteiger partial charge is 0.295 e. The van der Waals surface area contributed by atoms with Crippen molar-refractivity contribution in [2.75, 3.05) is 13.1 Å². The minimum atomic E-state index is -0.177. The van der Waals surface area contributed by atoms with E-state index in [9.17, 15) is 4.79 Å². The first kappa shape index (κ1) is 12.0. The quantitative estimate of drug-likeness (QED) is 0.758. The highest BCUT2D eigenvalue weighted by molar-refractivity contribution is 5.90. The van der Waals surface area contributed by atoms with E-state index >= 15 is 0 Å². The molecule has 1 aliphatic heterocycles. The maximum atomic E-state index is 12.1. The molecule has 2 atom stereocenters. The summed E-state index contributed by atoms with van der Waals surface area (Å²) >= 11 is 0. The molecule has 0 bridgehead atoms. The van der Waals surface area contributed by atoms with Crippen LogP contribution in [-0.2, 0) is 0 Å². The number of aromatic amines is 1. The number of nitrogens with zero attached hydrogens (tertiary/aromatic N) is 4. The molecule has 2 unspecified atom stereocenters. The molecule has 94 valence electrons. The molecule has 17 heavy (non-hydrogen) atoms. The highest BCUT2D eigenvalue weighted by atomic mass is 16.2. The Morgan fingerprint density at radius 1 is 1.65 bits per heavy atom. The minimum absolute atomic E-state index is 0.0969. The van der Waals surface area contributed by atoms with E-state index in [0.717, 1.165) is 25.8 Å². The van der Waals surface area contributed by atoms with Gasteiger partial charge < -0.3 is 10.6 Å². The van der Waals surface area contributed by atoms with Gasteiger partial charge >= 0.3 is 0 Å². The van der Waals surface area contributed by atoms with Crippen LogP contribution in [0.5, 0.6) is 0 Å². The summed E-state index contributed by atoms with van der Waals surface area (Å²) in [5.74, 6) is 0.611. The zero-order valence-corrected chi connectivity index (χ0v) is 9.96. The number of carbonyl (C=O) groups is 1. The molecule has 2 heterocycles. The summed E-state index contributed by atoms with van der Waals surface area (Å²) < 4.78 is 0. The van der Waals surface area contributed by atoms with Gasteiger partial charge in [0.15, 0.2) is 0 Å². The van der Waals surface area contributed by atoms with Crippen molar-refractivity contribution in [3.63, 3.8) is 0 Å². The van der Waals surface area contributed by atoms with Crippen LogP contribution in [0.25, 0.3) is 0 Å². The molecule has 1 saturated heterocycles. The van der Waals surface area contributed by atoms with Gasteiger partial charge in [0.1, 0.15) is 0 Å². The number of amides is 1. The number of nitrogens with two attached hydrogens (primary N) is 1. The predicted octanol–water partition coefficient (Wildman–Crippen LogP) is -0.211. The largest absolute Gasteiger partial charge is 0.332 e. The summed E-state index contributed by atoms with van der Waals surface area (Å²) in [7, 11) is 0. The molecule has 7 heteroatoms. The van der Waals surface area contributed by atoms with E-state index in [0.29, 0.717) is 12.5 Å². The normalized spacial score (nSPS) is 24.9. The Labute approximate surface area is 99.7 Å². The van der Waals surface area contributed by atoms with Crippen molar-refractivity contribution in [1.29, 1.82) is 0 Å². The van der Waals surface area contributed by atoms with Crippen LogP contribution in [0.2, 0.25) is 0 Å². The molecule has 0 spiro atoms. The van der Waals surface area contributed by atoms with Crippen LogP contribution in [-0.4, -0.2) is 50.6 Å². The average molecular weight is 238 g/mol. The Hall–Kier alpha value is -1.50. The van der Waals surface area contributed by atoms with Crippen LogP contribution in [0.4, 0.5) is 0 Å². The van der Waals surface area contributed by atoms with E-state index in [2.05, 4.69) is 27.5 Å². The number of hydrogen-bond donors (Lipinski definition) is 2. The molecule has 0 aliphatic carbocycles. The van der Waals surface area contributed by atoms with E-state index in [1.165, 1.54) is 0 Å². The van der Waals surface area contributed by atoms with Crippen molar-refractivity contribution in [2.45, 2.75) is 32.2 Å². The molecule has 1 amide bonds. The van der Waals surface area contributed by atoms with Gasteiger partial charge in [-0.15, -0.1) is 10.2 Å². The highest BCUT2D eigenvalue weighted by Gasteiger charge is 2.32. The Morgan fingerprint density at radius 2 is 2.47 bits per heavy atom. The number of rotatable bonds is 3. The molecule has 0 radical (unpaired) electrons. The van der Waals surface area contributed by atoms with E-state index in [4.69, 9.17) is 5.73 Å². The van der Waals surface area contributed by atoms with E-state index in [-0.39, 0.29) is 17.8 Å². The average Bonchev–Trinajstić information content (AvgIpc) is 2.91. The summed E-state index contributed by atoms with van der Waals surface area (Å²) in [5.41, 5.74) is 5.74. The lowest BCUT2D eigenvalue weighted by atomic mass is 9.89. The molecule has 1 fully saturated rings. The Kier molecular flexibility index (Phi) is 3.68. The number of nitrogens with one attached hydrogen (secondary N) is 1. The van der Waals surface area contributed by atoms with Gasteiger partial charge in [0.05, 0.1) is 0 Å². The number of H-pyrrole nitrogens is 1. The number of tetrazole rings is 1. The second kappa shape index (κ2) is 5.22. The summed E-state index contributed by atoms with van der Waals surface area (Å²) in [6, 6.07) is 0.0969. The van der Waals surface area contributed by atoms with E-state index in [1.807, 2.05) is 0 Å². The molecule has 1 aromatic rings. The molecule has 3 N–H and O–H groups in total. The van der Waals surface area contributed by atoms with Gasteiger partial charge in [0.2, 0.25) is 0 Å². The van der Waals surface area contributed by atoms with Gasteiger partial charge in [0.25, 0.3) is 11.7 Å². The maximum absolute atomic E-state index is 12.1. The summed E-state index contributed by atoms with van der Waals surface area (Å²) in [4.78, 5) is 13.9. The van der Waals surface area contributed by atoms with Crippen molar-refractivity contribution in [3.8, 4) is 0 Å². The zero-order valence-electron chi connectivity index (χ0n) is 9.96. The molecular weight excluding hydrogens is 220 g/mol. The third-order valence-corrected chi connectivity index (χ3v) is 3.47. The Morgan fingerprint density at radius 3 is 3.06 bits per heavy atom. The van der Waals surface area contributed by atoms with Gasteiger partial charge in [-0.3, -0.25) is 4.79 Å². The summed E-state index contributed by atoms with van der Waals surface area (Å²) in [5, 5.41) is 13.1. The highest BCUT2D eigenvalue weighted by Crippen LogP contribution is 2.25. The van der Waals surface area contributed by atoms with Crippen molar-refractivity contribution >= 4 is 5.91 Å². The topological polar surface area (TPSA) is 101 Å². The lowest BCUT2D eigenvalue weighted by Crippen LogP contribution is -2.49. The van der Waals surface area contributed by atoms with Gasteiger partial charge in [-0.2, -0.15) is 5.21 Å². The monoisotopic (exact) mass is 238 g/mol. The number of aromatic nitrogens is 4. The van der Waals surface area contributed by atoms with Crippen molar-refractivity contribution < 1.29 is 4.79 Å². The fourth-order valence-electron chi connectivity index (χ4n) is 2.38. The van der Waals surface area contributed by atoms with Gasteiger partial charge in [0, 0.05) is 19.1 Å². The fourth-order valence-corrected chi connectivity index (χ4v) is 2.38. The van der Waals surface area contributed by atoms with E-state index in [1.54, 1.807) is 4.90 Å². The SMILES string of the molecule is CCC1CCN(C(=O)c2nn[nH]n2)C(CN)C1. The first-order chi connectivity index (χ1) is 8.26. The van der Waals surface area contributed by atoms with Crippen LogP contribution in [0.3, 0.4) is 0 Å². The molecule has 0 aromatic carbocycles. The van der Waals surface area contributed by atoms with Crippen LogP contribution >= 0.6 is 0 Å². The molecule has 1 aromatic heterocycles. The van der Waals surface area contributed by atoms with Gasteiger partial charge in [-0.25, -0.2) is 0 Å². The maximum Gasteiger partial charge on any atom is 0.295 e. The molecule has 0 saturated carbocycles. The molecule has 2 rings (SSSR count). The van der Waals surface area contributed by atoms with Crippen LogP contribution in [0.15, 0.2) is 0 Å². The summed E-state index contributed by atoms with van der Waals surface area (Å²) in [6.07, 6.45) is 3.13. The van der Waals surface area contributed by atoms with Crippen LogP contribution in [0, 0.1) is 5.92 Å². The van der Waals surface area contributed by atoms with Crippen molar-refractivity contribution in [3.05, 3.63) is 5.82 Å². The number of carbonyl (C=O) groups excluding carboxylic acids is 1. The molecule has 7 nitrogen and oxygen atoms in total. The first-order valence-corrected chi connectivity index (χ1v) is 6.00. The van der Waals surface area contributed by atoms with Crippen molar-refractivity contribution in [2.24, 2.45) is 11.7 Å². The number of hydrogen-bond acceptors (Lipinski definition) is 5. The third kappa shape index (κ3) is 2.44. The Balaban J connectivity index is 2.07. The first-order valence-electron chi connectivity index (χ1n) is 6.00. The second-order valence-corrected chi connectivity index (χ2v) is 4.42. The van der Waals surface area contributed by atoms with E-state index < -0.39 is 0 Å². The Bertz CT molecular complexity index is 365. The van der Waals surface area contributed by atoms with Gasteiger partial charge in [-0.1, -0.05) is 13.3 Å².